The Morgan fingerprint density at radius 3 is 2.50 bits per heavy atom. The molecule has 0 bridgehead atoms. The standard InChI is InChI=1S/C16H24N2O4/c1-4-5-8-12(16(21)22)17-15(20)14(11(2)3)18-10-7-6-9-13(18)19/h6-7,9-12,14H,4-5,8H2,1-3H3,(H,17,20)(H,21,22). The van der Waals surface area contributed by atoms with Crippen LogP contribution in [0, 0.1) is 5.92 Å². The number of aromatic nitrogens is 1. The Kier molecular flexibility index (Phi) is 6.82. The summed E-state index contributed by atoms with van der Waals surface area (Å²) in [4.78, 5) is 35.7. The lowest BCUT2D eigenvalue weighted by Gasteiger charge is -2.24. The molecule has 122 valence electrons. The van der Waals surface area contributed by atoms with Crippen molar-refractivity contribution in [1.82, 2.24) is 9.88 Å². The maximum absolute atomic E-state index is 12.5. The molecule has 2 unspecified atom stereocenters. The number of carbonyl (C=O) groups excluding carboxylic acids is 1. The summed E-state index contributed by atoms with van der Waals surface area (Å²) in [6.07, 6.45) is 3.50. The lowest BCUT2D eigenvalue weighted by atomic mass is 10.0. The number of hydrogen-bond donors (Lipinski definition) is 2. The highest BCUT2D eigenvalue weighted by Gasteiger charge is 2.28. The molecule has 1 amide bonds. The second-order valence-electron chi connectivity index (χ2n) is 5.68. The zero-order chi connectivity index (χ0) is 16.7. The minimum absolute atomic E-state index is 0.138. The van der Waals surface area contributed by atoms with Gasteiger partial charge in [-0.3, -0.25) is 9.59 Å². The first-order valence-electron chi connectivity index (χ1n) is 7.58. The van der Waals surface area contributed by atoms with Crippen LogP contribution in [0.15, 0.2) is 29.2 Å². The first-order chi connectivity index (χ1) is 10.4. The molecule has 1 rings (SSSR count). The van der Waals surface area contributed by atoms with Crippen molar-refractivity contribution in [3.8, 4) is 0 Å². The van der Waals surface area contributed by atoms with E-state index < -0.39 is 24.0 Å². The van der Waals surface area contributed by atoms with Gasteiger partial charge < -0.3 is 15.0 Å². The van der Waals surface area contributed by atoms with Crippen molar-refractivity contribution in [3.63, 3.8) is 0 Å². The lowest BCUT2D eigenvalue weighted by molar-refractivity contribution is -0.142. The van der Waals surface area contributed by atoms with Gasteiger partial charge in [-0.1, -0.05) is 39.7 Å². The van der Waals surface area contributed by atoms with Crippen molar-refractivity contribution in [2.24, 2.45) is 5.92 Å². The molecule has 2 atom stereocenters. The maximum Gasteiger partial charge on any atom is 0.326 e. The van der Waals surface area contributed by atoms with Gasteiger partial charge in [0.1, 0.15) is 12.1 Å². The van der Waals surface area contributed by atoms with E-state index in [1.54, 1.807) is 18.3 Å². The Bertz CT molecular complexity index is 565. The molecule has 1 aromatic rings. The number of carboxylic acid groups (broad SMARTS) is 1. The Hall–Kier alpha value is -2.11. The fourth-order valence-corrected chi connectivity index (χ4v) is 2.34. The van der Waals surface area contributed by atoms with E-state index in [1.807, 2.05) is 20.8 Å². The molecule has 6 nitrogen and oxygen atoms in total. The van der Waals surface area contributed by atoms with Crippen LogP contribution < -0.4 is 10.9 Å². The number of aliphatic carboxylic acids is 1. The van der Waals surface area contributed by atoms with E-state index in [1.165, 1.54) is 10.6 Å². The average molecular weight is 308 g/mol. The number of amides is 1. The summed E-state index contributed by atoms with van der Waals surface area (Å²) in [6, 6.07) is 3.02. The van der Waals surface area contributed by atoms with E-state index in [0.29, 0.717) is 6.42 Å². The highest BCUT2D eigenvalue weighted by molar-refractivity contribution is 5.86. The molecule has 1 heterocycles. The SMILES string of the molecule is CCCCC(NC(=O)C(C(C)C)n1ccccc1=O)C(=O)O. The minimum atomic E-state index is -1.05. The van der Waals surface area contributed by atoms with Crippen molar-refractivity contribution >= 4 is 11.9 Å². The van der Waals surface area contributed by atoms with Gasteiger partial charge in [0.15, 0.2) is 0 Å². The molecular formula is C16H24N2O4. The van der Waals surface area contributed by atoms with Crippen LogP contribution >= 0.6 is 0 Å². The first kappa shape index (κ1) is 17.9. The Labute approximate surface area is 130 Å². The molecule has 0 spiro atoms. The molecule has 0 saturated carbocycles. The third-order valence-electron chi connectivity index (χ3n) is 3.51. The summed E-state index contributed by atoms with van der Waals surface area (Å²) < 4.78 is 1.35. The summed E-state index contributed by atoms with van der Waals surface area (Å²) in [5.74, 6) is -1.63. The van der Waals surface area contributed by atoms with E-state index in [2.05, 4.69) is 5.32 Å². The van der Waals surface area contributed by atoms with Crippen molar-refractivity contribution in [2.75, 3.05) is 0 Å². The molecule has 0 fully saturated rings. The van der Waals surface area contributed by atoms with E-state index in [9.17, 15) is 19.5 Å². The van der Waals surface area contributed by atoms with Gasteiger partial charge in [0.2, 0.25) is 5.91 Å². The second-order valence-corrected chi connectivity index (χ2v) is 5.68. The highest BCUT2D eigenvalue weighted by atomic mass is 16.4. The smallest absolute Gasteiger partial charge is 0.326 e. The van der Waals surface area contributed by atoms with Gasteiger partial charge in [0.05, 0.1) is 0 Å². The van der Waals surface area contributed by atoms with Crippen molar-refractivity contribution < 1.29 is 14.7 Å². The summed E-state index contributed by atoms with van der Waals surface area (Å²) in [6.45, 7) is 5.61. The molecule has 0 radical (unpaired) electrons. The molecule has 0 aromatic carbocycles. The number of hydrogen-bond acceptors (Lipinski definition) is 3. The number of carbonyl (C=O) groups is 2. The van der Waals surface area contributed by atoms with Crippen LogP contribution in [-0.4, -0.2) is 27.6 Å². The van der Waals surface area contributed by atoms with Gasteiger partial charge in [-0.25, -0.2) is 4.79 Å². The van der Waals surface area contributed by atoms with Crippen LogP contribution in [0.25, 0.3) is 0 Å². The van der Waals surface area contributed by atoms with Crippen LogP contribution in [0.3, 0.4) is 0 Å². The van der Waals surface area contributed by atoms with E-state index in [-0.39, 0.29) is 11.5 Å². The summed E-state index contributed by atoms with van der Waals surface area (Å²) in [5, 5.41) is 11.8. The van der Waals surface area contributed by atoms with Gasteiger partial charge in [-0.15, -0.1) is 0 Å². The lowest BCUT2D eigenvalue weighted by Crippen LogP contribution is -2.46. The molecule has 0 saturated heterocycles. The van der Waals surface area contributed by atoms with E-state index in [4.69, 9.17) is 0 Å². The molecular weight excluding hydrogens is 284 g/mol. The van der Waals surface area contributed by atoms with Gasteiger partial charge >= 0.3 is 5.97 Å². The third kappa shape index (κ3) is 4.72. The Morgan fingerprint density at radius 2 is 2.00 bits per heavy atom. The Morgan fingerprint density at radius 1 is 1.32 bits per heavy atom. The van der Waals surface area contributed by atoms with E-state index >= 15 is 0 Å². The van der Waals surface area contributed by atoms with Crippen LogP contribution in [0.1, 0.15) is 46.1 Å². The van der Waals surface area contributed by atoms with Gasteiger partial charge in [-0.2, -0.15) is 0 Å². The molecule has 0 aliphatic heterocycles. The van der Waals surface area contributed by atoms with Crippen LogP contribution in [0.2, 0.25) is 0 Å². The zero-order valence-electron chi connectivity index (χ0n) is 13.3. The molecule has 1 aromatic heterocycles. The van der Waals surface area contributed by atoms with Crippen LogP contribution in [0.4, 0.5) is 0 Å². The topological polar surface area (TPSA) is 88.4 Å². The first-order valence-corrected chi connectivity index (χ1v) is 7.58. The van der Waals surface area contributed by atoms with Gasteiger partial charge in [0, 0.05) is 12.3 Å². The zero-order valence-corrected chi connectivity index (χ0v) is 13.3. The monoisotopic (exact) mass is 308 g/mol. The van der Waals surface area contributed by atoms with Gasteiger partial charge in [-0.05, 0) is 18.4 Å². The number of carboxylic acids is 1. The second kappa shape index (κ2) is 8.36. The predicted octanol–water partition coefficient (Wildman–Crippen LogP) is 1.80. The fourth-order valence-electron chi connectivity index (χ4n) is 2.34. The number of pyridine rings is 1. The quantitative estimate of drug-likeness (QED) is 0.766. The summed E-state index contributed by atoms with van der Waals surface area (Å²) >= 11 is 0. The van der Waals surface area contributed by atoms with Crippen LogP contribution in [0.5, 0.6) is 0 Å². The summed E-state index contributed by atoms with van der Waals surface area (Å²) in [7, 11) is 0. The fraction of sp³-hybridized carbons (Fsp3) is 0.562. The van der Waals surface area contributed by atoms with Gasteiger partial charge in [0.25, 0.3) is 5.56 Å². The van der Waals surface area contributed by atoms with Crippen molar-refractivity contribution in [3.05, 3.63) is 34.7 Å². The number of nitrogens with one attached hydrogen (secondary N) is 1. The normalized spacial score (nSPS) is 13.6. The maximum atomic E-state index is 12.5. The predicted molar refractivity (Wildman–Crippen MR) is 83.7 cm³/mol. The van der Waals surface area contributed by atoms with E-state index in [0.717, 1.165) is 12.8 Å². The largest absolute Gasteiger partial charge is 0.480 e. The molecule has 0 aliphatic rings. The number of nitrogens with zero attached hydrogens (tertiary/aromatic N) is 1. The average Bonchev–Trinajstić information content (AvgIpc) is 2.45. The molecule has 0 aliphatic carbocycles. The Balaban J connectivity index is 2.97. The minimum Gasteiger partial charge on any atom is -0.480 e. The number of rotatable bonds is 8. The summed E-state index contributed by atoms with van der Waals surface area (Å²) in [5.41, 5.74) is -0.281. The van der Waals surface area contributed by atoms with Crippen molar-refractivity contribution in [1.29, 1.82) is 0 Å². The third-order valence-corrected chi connectivity index (χ3v) is 3.51. The van der Waals surface area contributed by atoms with Crippen molar-refractivity contribution in [2.45, 2.75) is 52.1 Å². The molecule has 22 heavy (non-hydrogen) atoms. The molecule has 2 N–H and O–H groups in total. The molecule has 6 heteroatoms. The highest BCUT2D eigenvalue weighted by Crippen LogP contribution is 2.16. The van der Waals surface area contributed by atoms with Crippen LogP contribution in [-0.2, 0) is 9.59 Å². The number of unbranched alkanes of at least 4 members (excludes halogenated alkanes) is 1.